The highest BCUT2D eigenvalue weighted by Crippen LogP contribution is 2.24. The lowest BCUT2D eigenvalue weighted by atomic mass is 10.0. The summed E-state index contributed by atoms with van der Waals surface area (Å²) in [7, 11) is 0. The number of benzene rings is 2. The number of halogens is 3. The van der Waals surface area contributed by atoms with Crippen molar-refractivity contribution in [2.45, 2.75) is 25.9 Å². The van der Waals surface area contributed by atoms with Gasteiger partial charge < -0.3 is 5.32 Å². The molecule has 0 aliphatic rings. The van der Waals surface area contributed by atoms with Gasteiger partial charge in [0, 0.05) is 22.1 Å². The zero-order chi connectivity index (χ0) is 14.7. The molecule has 2 unspecified atom stereocenters. The topological polar surface area (TPSA) is 12.0 Å². The predicted octanol–water partition coefficient (Wildman–Crippen LogP) is 5.14. The minimum absolute atomic E-state index is 0.00369. The lowest BCUT2D eigenvalue weighted by Gasteiger charge is -2.21. The molecule has 2 atom stereocenters. The number of rotatable bonds is 4. The van der Waals surface area contributed by atoms with Crippen LogP contribution in [0.4, 0.5) is 8.78 Å². The van der Waals surface area contributed by atoms with Crippen molar-refractivity contribution >= 4 is 15.9 Å². The van der Waals surface area contributed by atoms with Gasteiger partial charge in [-0.05, 0) is 49.7 Å². The predicted molar refractivity (Wildman–Crippen MR) is 80.5 cm³/mol. The normalized spacial score (nSPS) is 14.1. The van der Waals surface area contributed by atoms with Gasteiger partial charge in [-0.3, -0.25) is 0 Å². The van der Waals surface area contributed by atoms with E-state index in [1.807, 2.05) is 13.8 Å². The Balaban J connectivity index is 2.12. The van der Waals surface area contributed by atoms with E-state index in [1.165, 1.54) is 18.2 Å². The molecule has 4 heteroatoms. The summed E-state index contributed by atoms with van der Waals surface area (Å²) < 4.78 is 27.6. The van der Waals surface area contributed by atoms with Gasteiger partial charge in [-0.15, -0.1) is 0 Å². The second kappa shape index (κ2) is 6.46. The third-order valence-electron chi connectivity index (χ3n) is 3.29. The van der Waals surface area contributed by atoms with Crippen LogP contribution in [0.5, 0.6) is 0 Å². The molecule has 0 saturated carbocycles. The van der Waals surface area contributed by atoms with Gasteiger partial charge in [-0.25, -0.2) is 8.78 Å². The van der Waals surface area contributed by atoms with Gasteiger partial charge in [0.2, 0.25) is 0 Å². The molecule has 1 nitrogen and oxygen atoms in total. The molecule has 1 N–H and O–H groups in total. The molecule has 2 aromatic rings. The number of hydrogen-bond donors (Lipinski definition) is 1. The first-order valence-corrected chi connectivity index (χ1v) is 7.23. The highest BCUT2D eigenvalue weighted by molar-refractivity contribution is 9.10. The maximum absolute atomic E-state index is 13.8. The van der Waals surface area contributed by atoms with E-state index in [4.69, 9.17) is 0 Å². The molecule has 0 aliphatic carbocycles. The summed E-state index contributed by atoms with van der Waals surface area (Å²) in [6.07, 6.45) is 0. The molecule has 2 aromatic carbocycles. The molecule has 0 amide bonds. The molecule has 0 aliphatic heterocycles. The van der Waals surface area contributed by atoms with Crippen LogP contribution in [0.2, 0.25) is 0 Å². The third kappa shape index (κ3) is 3.64. The van der Waals surface area contributed by atoms with Gasteiger partial charge in [0.25, 0.3) is 0 Å². The molecule has 0 saturated heterocycles. The summed E-state index contributed by atoms with van der Waals surface area (Å²) in [4.78, 5) is 0. The van der Waals surface area contributed by atoms with Gasteiger partial charge in [0.15, 0.2) is 0 Å². The zero-order valence-corrected chi connectivity index (χ0v) is 12.9. The van der Waals surface area contributed by atoms with Crippen LogP contribution >= 0.6 is 15.9 Å². The molecule has 0 aromatic heterocycles. The number of nitrogens with one attached hydrogen (secondary N) is 1. The molecule has 2 rings (SSSR count). The zero-order valence-electron chi connectivity index (χ0n) is 11.3. The quantitative estimate of drug-likeness (QED) is 0.813. The fourth-order valence-electron chi connectivity index (χ4n) is 2.16. The van der Waals surface area contributed by atoms with E-state index in [-0.39, 0.29) is 23.7 Å². The van der Waals surface area contributed by atoms with E-state index in [0.29, 0.717) is 5.56 Å². The average Bonchev–Trinajstić information content (AvgIpc) is 2.42. The fourth-order valence-corrected chi connectivity index (χ4v) is 2.54. The van der Waals surface area contributed by atoms with Crippen molar-refractivity contribution in [1.29, 1.82) is 0 Å². The van der Waals surface area contributed by atoms with Crippen LogP contribution in [0.15, 0.2) is 46.9 Å². The summed E-state index contributed by atoms with van der Waals surface area (Å²) in [6.45, 7) is 3.88. The van der Waals surface area contributed by atoms with E-state index in [1.54, 1.807) is 24.3 Å². The fraction of sp³-hybridized carbons (Fsp3) is 0.250. The van der Waals surface area contributed by atoms with Crippen molar-refractivity contribution in [3.05, 3.63) is 69.7 Å². The second-order valence-corrected chi connectivity index (χ2v) is 5.74. The van der Waals surface area contributed by atoms with E-state index >= 15 is 0 Å². The Morgan fingerprint density at radius 1 is 0.950 bits per heavy atom. The number of hydrogen-bond acceptors (Lipinski definition) is 1. The van der Waals surface area contributed by atoms with Gasteiger partial charge in [0.1, 0.15) is 11.6 Å². The second-order valence-electron chi connectivity index (χ2n) is 4.83. The van der Waals surface area contributed by atoms with Crippen molar-refractivity contribution in [3.8, 4) is 0 Å². The Kier molecular flexibility index (Phi) is 4.89. The van der Waals surface area contributed by atoms with Crippen molar-refractivity contribution in [2.24, 2.45) is 0 Å². The van der Waals surface area contributed by atoms with E-state index < -0.39 is 0 Å². The lowest BCUT2D eigenvalue weighted by molar-refractivity contribution is 0.473. The Morgan fingerprint density at radius 3 is 2.25 bits per heavy atom. The maximum atomic E-state index is 13.8. The van der Waals surface area contributed by atoms with Crippen LogP contribution in [-0.4, -0.2) is 0 Å². The maximum Gasteiger partial charge on any atom is 0.128 e. The van der Waals surface area contributed by atoms with Gasteiger partial charge in [0.05, 0.1) is 0 Å². The Bertz CT molecular complexity index is 584. The van der Waals surface area contributed by atoms with Gasteiger partial charge in [-0.1, -0.05) is 28.1 Å². The van der Waals surface area contributed by atoms with Crippen LogP contribution in [0.25, 0.3) is 0 Å². The van der Waals surface area contributed by atoms with Crippen molar-refractivity contribution in [3.63, 3.8) is 0 Å². The smallest absolute Gasteiger partial charge is 0.128 e. The first-order valence-electron chi connectivity index (χ1n) is 6.44. The highest BCUT2D eigenvalue weighted by atomic mass is 79.9. The van der Waals surface area contributed by atoms with Crippen molar-refractivity contribution < 1.29 is 8.78 Å². The van der Waals surface area contributed by atoms with Gasteiger partial charge >= 0.3 is 0 Å². The minimum atomic E-state index is -0.257. The first kappa shape index (κ1) is 15.1. The minimum Gasteiger partial charge on any atom is -0.304 e. The summed E-state index contributed by atoms with van der Waals surface area (Å²) >= 11 is 3.35. The molecule has 0 fully saturated rings. The molecule has 0 heterocycles. The van der Waals surface area contributed by atoms with Crippen LogP contribution < -0.4 is 5.32 Å². The lowest BCUT2D eigenvalue weighted by Crippen LogP contribution is -2.23. The molecule has 20 heavy (non-hydrogen) atoms. The van der Waals surface area contributed by atoms with Crippen molar-refractivity contribution in [1.82, 2.24) is 5.32 Å². The summed E-state index contributed by atoms with van der Waals surface area (Å²) in [5.74, 6) is -0.494. The first-order chi connectivity index (χ1) is 9.47. The molecular formula is C16H16BrF2N. The standard InChI is InChI=1S/C16H16BrF2N/c1-10(12-3-6-14(18)7-4-12)20-11(2)15-9-13(17)5-8-16(15)19/h3-11,20H,1-2H3. The SMILES string of the molecule is CC(NC(C)c1cc(Br)ccc1F)c1ccc(F)cc1. The monoisotopic (exact) mass is 339 g/mol. The van der Waals surface area contributed by atoms with Crippen LogP contribution in [0, 0.1) is 11.6 Å². The Morgan fingerprint density at radius 2 is 1.60 bits per heavy atom. The summed E-state index contributed by atoms with van der Waals surface area (Å²) in [5.41, 5.74) is 1.57. The molecule has 0 bridgehead atoms. The van der Waals surface area contributed by atoms with E-state index in [2.05, 4.69) is 21.2 Å². The Hall–Kier alpha value is -1.26. The van der Waals surface area contributed by atoms with E-state index in [0.717, 1.165) is 10.0 Å². The van der Waals surface area contributed by atoms with Crippen molar-refractivity contribution in [2.75, 3.05) is 0 Å². The van der Waals surface area contributed by atoms with Gasteiger partial charge in [-0.2, -0.15) is 0 Å². The largest absolute Gasteiger partial charge is 0.304 e. The van der Waals surface area contributed by atoms with Crippen LogP contribution in [0.3, 0.4) is 0 Å². The van der Waals surface area contributed by atoms with Crippen LogP contribution in [-0.2, 0) is 0 Å². The molecule has 0 spiro atoms. The Labute approximate surface area is 126 Å². The highest BCUT2D eigenvalue weighted by Gasteiger charge is 2.14. The average molecular weight is 340 g/mol. The summed E-state index contributed by atoms with van der Waals surface area (Å²) in [6, 6.07) is 11.1. The third-order valence-corrected chi connectivity index (χ3v) is 3.79. The molecule has 106 valence electrons. The van der Waals surface area contributed by atoms with E-state index in [9.17, 15) is 8.78 Å². The van der Waals surface area contributed by atoms with Crippen LogP contribution in [0.1, 0.15) is 37.1 Å². The summed E-state index contributed by atoms with van der Waals surface area (Å²) in [5, 5.41) is 3.32. The molecular weight excluding hydrogens is 324 g/mol. The molecule has 0 radical (unpaired) electrons.